The minimum absolute atomic E-state index is 0.187. The Morgan fingerprint density at radius 3 is 2.41 bits per heavy atom. The molecule has 1 amide bonds. The van der Waals surface area contributed by atoms with Crippen LogP contribution in [0.1, 0.15) is 60.1 Å². The fourth-order valence-corrected chi connectivity index (χ4v) is 4.76. The van der Waals surface area contributed by atoms with Gasteiger partial charge < -0.3 is 15.0 Å². The van der Waals surface area contributed by atoms with Crippen LogP contribution in [0.15, 0.2) is 0 Å². The van der Waals surface area contributed by atoms with Gasteiger partial charge in [-0.3, -0.25) is 9.59 Å². The van der Waals surface area contributed by atoms with Crippen molar-refractivity contribution >= 4 is 11.9 Å². The van der Waals surface area contributed by atoms with E-state index in [4.69, 9.17) is 4.74 Å². The summed E-state index contributed by atoms with van der Waals surface area (Å²) in [6.07, 6.45) is 3.69. The molecule has 2 aliphatic heterocycles. The highest BCUT2D eigenvalue weighted by Gasteiger charge is 2.33. The number of hydrogen-bond donors (Lipinski definition) is 1. The van der Waals surface area contributed by atoms with Crippen molar-refractivity contribution in [3.63, 3.8) is 0 Å². The van der Waals surface area contributed by atoms with E-state index in [0.29, 0.717) is 32.0 Å². The number of esters is 1. The number of fused-ring (bicyclic) bond motifs is 1. The van der Waals surface area contributed by atoms with Crippen LogP contribution in [0.4, 0.5) is 0 Å². The van der Waals surface area contributed by atoms with Crippen molar-refractivity contribution in [2.75, 3.05) is 19.7 Å². The second-order valence-electron chi connectivity index (χ2n) is 7.68. The van der Waals surface area contributed by atoms with E-state index in [-0.39, 0.29) is 11.9 Å². The monoisotopic (exact) mass is 372 g/mol. The molecule has 1 aromatic carbocycles. The molecule has 0 bridgehead atoms. The Balaban J connectivity index is 1.98. The van der Waals surface area contributed by atoms with Crippen molar-refractivity contribution in [3.8, 4) is 0 Å². The van der Waals surface area contributed by atoms with Crippen LogP contribution < -0.4 is 5.32 Å². The van der Waals surface area contributed by atoms with Gasteiger partial charge in [0.05, 0.1) is 19.4 Å². The molecule has 0 aliphatic carbocycles. The minimum Gasteiger partial charge on any atom is -0.466 e. The summed E-state index contributed by atoms with van der Waals surface area (Å²) >= 11 is 0. The Morgan fingerprint density at radius 1 is 1.11 bits per heavy atom. The maximum atomic E-state index is 12.9. The summed E-state index contributed by atoms with van der Waals surface area (Å²) in [4.78, 5) is 27.2. The average molecular weight is 373 g/mol. The third-order valence-corrected chi connectivity index (χ3v) is 6.25. The number of nitrogens with zero attached hydrogens (tertiary/aromatic N) is 1. The van der Waals surface area contributed by atoms with Crippen LogP contribution in [0.3, 0.4) is 0 Å². The molecule has 5 nitrogen and oxygen atoms in total. The predicted octanol–water partition coefficient (Wildman–Crippen LogP) is 2.61. The second-order valence-corrected chi connectivity index (χ2v) is 7.68. The molecule has 1 N–H and O–H groups in total. The summed E-state index contributed by atoms with van der Waals surface area (Å²) in [7, 11) is 0. The summed E-state index contributed by atoms with van der Waals surface area (Å²) in [6.45, 7) is 11.3. The van der Waals surface area contributed by atoms with Gasteiger partial charge in [-0.05, 0) is 86.5 Å². The Morgan fingerprint density at radius 2 is 1.78 bits per heavy atom. The second kappa shape index (κ2) is 8.42. The number of amides is 1. The molecule has 0 spiro atoms. The smallest absolute Gasteiger partial charge is 0.310 e. The van der Waals surface area contributed by atoms with E-state index < -0.39 is 0 Å². The van der Waals surface area contributed by atoms with Gasteiger partial charge in [-0.1, -0.05) is 6.92 Å². The summed E-state index contributed by atoms with van der Waals surface area (Å²) in [6, 6.07) is 0.343. The van der Waals surface area contributed by atoms with E-state index in [0.717, 1.165) is 49.0 Å². The molecule has 2 aliphatic rings. The molecule has 2 heterocycles. The SMILES string of the molecule is CCOC(=O)Cc1c(C)c2c(c(C)c1CC)CN(C1CCNCC1)C(=O)C2. The zero-order valence-electron chi connectivity index (χ0n) is 17.1. The van der Waals surface area contributed by atoms with E-state index >= 15 is 0 Å². The summed E-state index contributed by atoms with van der Waals surface area (Å²) < 4.78 is 5.18. The third-order valence-electron chi connectivity index (χ3n) is 6.25. The van der Waals surface area contributed by atoms with Gasteiger partial charge in [-0.25, -0.2) is 0 Å². The number of benzene rings is 1. The largest absolute Gasteiger partial charge is 0.466 e. The van der Waals surface area contributed by atoms with Crippen LogP contribution in [-0.4, -0.2) is 42.5 Å². The van der Waals surface area contributed by atoms with Crippen molar-refractivity contribution in [1.82, 2.24) is 10.2 Å². The maximum absolute atomic E-state index is 12.9. The zero-order valence-corrected chi connectivity index (χ0v) is 17.1. The van der Waals surface area contributed by atoms with Crippen molar-refractivity contribution in [3.05, 3.63) is 33.4 Å². The molecule has 0 unspecified atom stereocenters. The van der Waals surface area contributed by atoms with Gasteiger partial charge in [0.2, 0.25) is 5.91 Å². The first-order valence-corrected chi connectivity index (χ1v) is 10.3. The molecule has 148 valence electrons. The summed E-state index contributed by atoms with van der Waals surface area (Å²) in [5.74, 6) is 0.0383. The average Bonchev–Trinajstić information content (AvgIpc) is 2.67. The third kappa shape index (κ3) is 3.88. The highest BCUT2D eigenvalue weighted by molar-refractivity contribution is 5.83. The fraction of sp³-hybridized carbons (Fsp3) is 0.636. The van der Waals surface area contributed by atoms with Crippen molar-refractivity contribution < 1.29 is 14.3 Å². The number of rotatable bonds is 5. The number of carbonyl (C=O) groups is 2. The number of piperidine rings is 1. The minimum atomic E-state index is -0.187. The molecule has 5 heteroatoms. The topological polar surface area (TPSA) is 58.6 Å². The molecule has 3 rings (SSSR count). The van der Waals surface area contributed by atoms with E-state index in [1.165, 1.54) is 16.7 Å². The molecule has 0 saturated carbocycles. The lowest BCUT2D eigenvalue weighted by Crippen LogP contribution is -2.48. The van der Waals surface area contributed by atoms with Crippen LogP contribution in [0, 0.1) is 13.8 Å². The number of hydrogen-bond acceptors (Lipinski definition) is 4. The van der Waals surface area contributed by atoms with Crippen molar-refractivity contribution in [2.45, 2.75) is 72.4 Å². The van der Waals surface area contributed by atoms with Gasteiger partial charge in [0.25, 0.3) is 0 Å². The Labute approximate surface area is 162 Å². The first-order valence-electron chi connectivity index (χ1n) is 10.3. The Kier molecular flexibility index (Phi) is 6.20. The molecule has 0 atom stereocenters. The van der Waals surface area contributed by atoms with Crippen LogP contribution in [-0.2, 0) is 40.1 Å². The molecule has 1 fully saturated rings. The van der Waals surface area contributed by atoms with Crippen LogP contribution in [0.2, 0.25) is 0 Å². The molecular weight excluding hydrogens is 340 g/mol. The first-order chi connectivity index (χ1) is 13.0. The lowest BCUT2D eigenvalue weighted by molar-refractivity contribution is -0.142. The van der Waals surface area contributed by atoms with Gasteiger partial charge in [-0.15, -0.1) is 0 Å². The van der Waals surface area contributed by atoms with Gasteiger partial charge in [0, 0.05) is 12.6 Å². The number of carbonyl (C=O) groups excluding carboxylic acids is 2. The molecule has 1 saturated heterocycles. The molecule has 0 radical (unpaired) electrons. The summed E-state index contributed by atoms with van der Waals surface area (Å²) in [5.41, 5.74) is 7.12. The van der Waals surface area contributed by atoms with E-state index in [1.54, 1.807) is 0 Å². The molecule has 27 heavy (non-hydrogen) atoms. The summed E-state index contributed by atoms with van der Waals surface area (Å²) in [5, 5.41) is 3.38. The van der Waals surface area contributed by atoms with Crippen LogP contribution in [0.25, 0.3) is 0 Å². The van der Waals surface area contributed by atoms with Crippen molar-refractivity contribution in [2.24, 2.45) is 0 Å². The van der Waals surface area contributed by atoms with Gasteiger partial charge in [-0.2, -0.15) is 0 Å². The predicted molar refractivity (Wildman–Crippen MR) is 106 cm³/mol. The van der Waals surface area contributed by atoms with Gasteiger partial charge >= 0.3 is 5.97 Å². The normalized spacial score (nSPS) is 17.8. The highest BCUT2D eigenvalue weighted by atomic mass is 16.5. The molecule has 0 aromatic heterocycles. The van der Waals surface area contributed by atoms with E-state index in [1.807, 2.05) is 6.92 Å². The number of nitrogens with one attached hydrogen (secondary N) is 1. The van der Waals surface area contributed by atoms with E-state index in [2.05, 4.69) is 31.0 Å². The Bertz CT molecular complexity index is 736. The molecule has 1 aromatic rings. The van der Waals surface area contributed by atoms with Crippen molar-refractivity contribution in [1.29, 1.82) is 0 Å². The standard InChI is InChI=1S/C22H32N2O3/c1-5-17-14(3)20-13-24(16-7-9-23-10-8-16)21(25)11-18(20)15(4)19(17)12-22(26)27-6-2/h16,23H,5-13H2,1-4H3. The zero-order chi connectivity index (χ0) is 19.6. The lowest BCUT2D eigenvalue weighted by Gasteiger charge is -2.39. The van der Waals surface area contributed by atoms with Gasteiger partial charge in [0.15, 0.2) is 0 Å². The quantitative estimate of drug-likeness (QED) is 0.807. The first kappa shape index (κ1) is 19.9. The van der Waals surface area contributed by atoms with Crippen LogP contribution in [0.5, 0.6) is 0 Å². The lowest BCUT2D eigenvalue weighted by atomic mass is 9.82. The number of ether oxygens (including phenoxy) is 1. The highest BCUT2D eigenvalue weighted by Crippen LogP contribution is 2.34. The fourth-order valence-electron chi connectivity index (χ4n) is 4.76. The Hall–Kier alpha value is -1.88. The molecular formula is C22H32N2O3. The van der Waals surface area contributed by atoms with Gasteiger partial charge in [0.1, 0.15) is 0 Å². The van der Waals surface area contributed by atoms with E-state index in [9.17, 15) is 9.59 Å². The van der Waals surface area contributed by atoms with Crippen LogP contribution >= 0.6 is 0 Å². The maximum Gasteiger partial charge on any atom is 0.310 e.